The number of sulfonamides is 1. The number of rotatable bonds is 5. The quantitative estimate of drug-likeness (QED) is 0.591. The molecule has 10 heteroatoms. The van der Waals surface area contributed by atoms with Crippen LogP contribution in [0.1, 0.15) is 29.9 Å². The summed E-state index contributed by atoms with van der Waals surface area (Å²) >= 11 is 0. The van der Waals surface area contributed by atoms with E-state index in [1.54, 1.807) is 6.08 Å². The van der Waals surface area contributed by atoms with Crippen LogP contribution in [0.15, 0.2) is 77.7 Å². The van der Waals surface area contributed by atoms with Crippen molar-refractivity contribution in [2.24, 2.45) is 11.1 Å². The minimum atomic E-state index is -4.55. The Morgan fingerprint density at radius 1 is 1.06 bits per heavy atom. The molecule has 2 atom stereocenters. The molecule has 0 saturated heterocycles. The molecule has 1 saturated carbocycles. The van der Waals surface area contributed by atoms with Gasteiger partial charge in [-0.15, -0.1) is 0 Å². The van der Waals surface area contributed by atoms with Crippen LogP contribution in [-0.4, -0.2) is 20.0 Å². The number of primary sulfonamides is 1. The molecule has 2 aliphatic carbocycles. The molecule has 4 rings (SSSR count). The summed E-state index contributed by atoms with van der Waals surface area (Å²) in [5.74, 6) is -0.472. The SMILES string of the molecule is NS(=O)(=O)C1=CC(NC(=O)Nc2cccc(C(F)(F)F)c2)(C2CC2)C(c2ccccc2)C=C1. The monoisotopic (exact) mass is 477 g/mol. The van der Waals surface area contributed by atoms with Crippen molar-refractivity contribution in [2.45, 2.75) is 30.5 Å². The van der Waals surface area contributed by atoms with Gasteiger partial charge in [-0.3, -0.25) is 0 Å². The summed E-state index contributed by atoms with van der Waals surface area (Å²) in [5.41, 5.74) is -1.20. The van der Waals surface area contributed by atoms with Crippen LogP contribution >= 0.6 is 0 Å². The second-order valence-electron chi connectivity index (χ2n) is 8.20. The van der Waals surface area contributed by atoms with Crippen molar-refractivity contribution in [3.8, 4) is 0 Å². The Morgan fingerprint density at radius 2 is 1.76 bits per heavy atom. The number of carbonyl (C=O) groups is 1. The molecule has 6 nitrogen and oxygen atoms in total. The third kappa shape index (κ3) is 4.96. The van der Waals surface area contributed by atoms with E-state index >= 15 is 0 Å². The second-order valence-corrected chi connectivity index (χ2v) is 9.77. The molecule has 33 heavy (non-hydrogen) atoms. The second kappa shape index (κ2) is 8.35. The summed E-state index contributed by atoms with van der Waals surface area (Å²) in [7, 11) is -4.05. The van der Waals surface area contributed by atoms with E-state index in [1.165, 1.54) is 24.3 Å². The lowest BCUT2D eigenvalue weighted by Crippen LogP contribution is -2.55. The van der Waals surface area contributed by atoms with E-state index in [4.69, 9.17) is 5.14 Å². The number of allylic oxidation sites excluding steroid dienone is 1. The summed E-state index contributed by atoms with van der Waals surface area (Å²) in [4.78, 5) is 12.9. The third-order valence-corrected chi connectivity index (χ3v) is 6.78. The van der Waals surface area contributed by atoms with Crippen LogP contribution < -0.4 is 15.8 Å². The number of alkyl halides is 3. The summed E-state index contributed by atoms with van der Waals surface area (Å²) in [5, 5.41) is 10.7. The lowest BCUT2D eigenvalue weighted by molar-refractivity contribution is -0.137. The van der Waals surface area contributed by atoms with Crippen molar-refractivity contribution in [3.63, 3.8) is 0 Å². The number of nitrogens with two attached hydrogens (primary N) is 1. The van der Waals surface area contributed by atoms with Gasteiger partial charge in [0, 0.05) is 11.6 Å². The number of benzene rings is 2. The summed E-state index contributed by atoms with van der Waals surface area (Å²) in [6, 6.07) is 12.8. The van der Waals surface area contributed by atoms with E-state index in [1.807, 2.05) is 30.3 Å². The van der Waals surface area contributed by atoms with Gasteiger partial charge < -0.3 is 10.6 Å². The first kappa shape index (κ1) is 23.1. The highest BCUT2D eigenvalue weighted by Gasteiger charge is 2.51. The summed E-state index contributed by atoms with van der Waals surface area (Å²) in [6.07, 6.45) is 1.51. The predicted molar refractivity (Wildman–Crippen MR) is 119 cm³/mol. The van der Waals surface area contributed by atoms with Crippen molar-refractivity contribution in [3.05, 3.63) is 88.9 Å². The molecule has 1 fully saturated rings. The number of anilines is 1. The molecule has 0 spiro atoms. The van der Waals surface area contributed by atoms with Crippen LogP contribution in [0.3, 0.4) is 0 Å². The van der Waals surface area contributed by atoms with Gasteiger partial charge in [0.05, 0.1) is 16.0 Å². The molecule has 0 aliphatic heterocycles. The molecule has 2 unspecified atom stereocenters. The third-order valence-electron chi connectivity index (χ3n) is 5.87. The van der Waals surface area contributed by atoms with E-state index in [9.17, 15) is 26.4 Å². The molecule has 2 aromatic rings. The Kier molecular flexibility index (Phi) is 5.83. The Balaban J connectivity index is 1.70. The molecular weight excluding hydrogens is 455 g/mol. The van der Waals surface area contributed by atoms with Gasteiger partial charge >= 0.3 is 12.2 Å². The minimum absolute atomic E-state index is 0.0356. The van der Waals surface area contributed by atoms with Crippen molar-refractivity contribution < 1.29 is 26.4 Å². The zero-order valence-corrected chi connectivity index (χ0v) is 18.2. The lowest BCUT2D eigenvalue weighted by atomic mass is 9.73. The van der Waals surface area contributed by atoms with Crippen molar-refractivity contribution in [1.29, 1.82) is 0 Å². The van der Waals surface area contributed by atoms with E-state index in [0.29, 0.717) is 0 Å². The van der Waals surface area contributed by atoms with E-state index in [0.717, 1.165) is 30.5 Å². The Labute approximate surface area is 189 Å². The van der Waals surface area contributed by atoms with Crippen molar-refractivity contribution >= 4 is 21.7 Å². The van der Waals surface area contributed by atoms with Crippen LogP contribution in [-0.2, 0) is 16.2 Å². The fraction of sp³-hybridized carbons (Fsp3) is 0.261. The average Bonchev–Trinajstić information content (AvgIpc) is 3.59. The number of amides is 2. The molecule has 0 heterocycles. The molecule has 0 radical (unpaired) electrons. The largest absolute Gasteiger partial charge is 0.416 e. The number of hydrogen-bond donors (Lipinski definition) is 3. The molecule has 2 aromatic carbocycles. The molecule has 2 aliphatic rings. The number of nitrogens with one attached hydrogen (secondary N) is 2. The molecular formula is C23H22F3N3O3S. The van der Waals surface area contributed by atoms with Crippen LogP contribution in [0.4, 0.5) is 23.7 Å². The fourth-order valence-electron chi connectivity index (χ4n) is 4.23. The van der Waals surface area contributed by atoms with E-state index < -0.39 is 39.3 Å². The Morgan fingerprint density at radius 3 is 2.36 bits per heavy atom. The van der Waals surface area contributed by atoms with Gasteiger partial charge in [-0.1, -0.05) is 42.5 Å². The number of hydrogen-bond acceptors (Lipinski definition) is 3. The molecule has 0 aromatic heterocycles. The standard InChI is InChI=1S/C23H22F3N3O3S/c24-23(25,26)17-7-4-8-18(13-17)28-21(30)29-22(16-9-10-16)14-19(33(27,31)32)11-12-20(22)15-5-2-1-3-6-15/h1-8,11-14,16,20H,9-10H2,(H2,27,31,32)(H2,28,29,30). The lowest BCUT2D eigenvalue weighted by Gasteiger charge is -2.41. The van der Waals surface area contributed by atoms with Gasteiger partial charge in [-0.2, -0.15) is 13.2 Å². The maximum Gasteiger partial charge on any atom is 0.416 e. The number of carbonyl (C=O) groups excluding carboxylic acids is 1. The fourth-order valence-corrected chi connectivity index (χ4v) is 4.86. The maximum absolute atomic E-state index is 13.0. The van der Waals surface area contributed by atoms with Crippen molar-refractivity contribution in [1.82, 2.24) is 5.32 Å². The minimum Gasteiger partial charge on any atom is -0.328 e. The topological polar surface area (TPSA) is 101 Å². The van der Waals surface area contributed by atoms with Crippen LogP contribution in [0.25, 0.3) is 0 Å². The smallest absolute Gasteiger partial charge is 0.328 e. The van der Waals surface area contributed by atoms with Crippen LogP contribution in [0.5, 0.6) is 0 Å². The summed E-state index contributed by atoms with van der Waals surface area (Å²) < 4.78 is 63.3. The molecule has 4 N–H and O–H groups in total. The average molecular weight is 478 g/mol. The molecule has 2 amide bonds. The highest BCUT2D eigenvalue weighted by molar-refractivity contribution is 7.93. The van der Waals surface area contributed by atoms with Gasteiger partial charge in [0.15, 0.2) is 0 Å². The highest BCUT2D eigenvalue weighted by Crippen LogP contribution is 2.51. The Bertz CT molecular complexity index is 1220. The number of urea groups is 1. The summed E-state index contributed by atoms with van der Waals surface area (Å²) in [6.45, 7) is 0. The normalized spacial score (nSPS) is 23.0. The van der Waals surface area contributed by atoms with Gasteiger partial charge in [0.25, 0.3) is 0 Å². The first-order valence-electron chi connectivity index (χ1n) is 10.2. The van der Waals surface area contributed by atoms with E-state index in [2.05, 4.69) is 10.6 Å². The first-order chi connectivity index (χ1) is 15.5. The van der Waals surface area contributed by atoms with Gasteiger partial charge in [-0.05, 0) is 54.7 Å². The maximum atomic E-state index is 13.0. The molecule has 0 bridgehead atoms. The van der Waals surface area contributed by atoms with Crippen molar-refractivity contribution in [2.75, 3.05) is 5.32 Å². The first-order valence-corrected chi connectivity index (χ1v) is 11.8. The van der Waals surface area contributed by atoms with Crippen LogP contribution in [0, 0.1) is 5.92 Å². The van der Waals surface area contributed by atoms with Gasteiger partial charge in [0.1, 0.15) is 0 Å². The van der Waals surface area contributed by atoms with Gasteiger partial charge in [-0.25, -0.2) is 18.4 Å². The zero-order valence-electron chi connectivity index (χ0n) is 17.3. The Hall–Kier alpha value is -3.11. The van der Waals surface area contributed by atoms with Crippen LogP contribution in [0.2, 0.25) is 0 Å². The highest BCUT2D eigenvalue weighted by atomic mass is 32.2. The molecule has 174 valence electrons. The zero-order chi connectivity index (χ0) is 23.9. The predicted octanol–water partition coefficient (Wildman–Crippen LogP) is 4.50. The van der Waals surface area contributed by atoms with Gasteiger partial charge in [0.2, 0.25) is 10.0 Å². The van der Waals surface area contributed by atoms with E-state index in [-0.39, 0.29) is 16.5 Å². The number of halogens is 3.